The summed E-state index contributed by atoms with van der Waals surface area (Å²) in [5.74, 6) is 0. The van der Waals surface area contributed by atoms with E-state index >= 15 is 0 Å². The fourth-order valence-electron chi connectivity index (χ4n) is 5.42. The molecular formula is C20H30N2. The van der Waals surface area contributed by atoms with E-state index in [0.717, 1.165) is 0 Å². The van der Waals surface area contributed by atoms with Gasteiger partial charge in [-0.1, -0.05) is 36.8 Å². The van der Waals surface area contributed by atoms with Crippen LogP contribution >= 0.6 is 0 Å². The molecule has 3 fully saturated rings. The summed E-state index contributed by atoms with van der Waals surface area (Å²) in [6, 6.07) is 11.5. The third kappa shape index (κ3) is 2.51. The molecule has 1 N–H and O–H groups in total. The van der Waals surface area contributed by atoms with Crippen molar-refractivity contribution in [3.63, 3.8) is 0 Å². The molecule has 0 radical (unpaired) electrons. The number of hydrogen-bond acceptors (Lipinski definition) is 2. The summed E-state index contributed by atoms with van der Waals surface area (Å²) in [6.45, 7) is 5.07. The van der Waals surface area contributed by atoms with Gasteiger partial charge in [0.05, 0.1) is 0 Å². The zero-order chi connectivity index (χ0) is 14.9. The molecule has 2 saturated heterocycles. The highest BCUT2D eigenvalue weighted by molar-refractivity contribution is 5.28. The number of hydrogen-bond donors (Lipinski definition) is 1. The Bertz CT molecular complexity index is 486. The van der Waals surface area contributed by atoms with E-state index in [4.69, 9.17) is 0 Å². The van der Waals surface area contributed by atoms with Crippen molar-refractivity contribution in [1.29, 1.82) is 0 Å². The standard InChI is InChI=1S/C20H30N2/c1-3-7-18(8-4-1)20(22-15-5-2-6-16-22)10-9-19(17-20)11-13-21-14-12-19/h1,3-4,7-8,21H,2,5-6,9-17H2. The maximum absolute atomic E-state index is 3.57. The predicted octanol–water partition coefficient (Wildman–Crippen LogP) is 3.92. The number of benzene rings is 1. The molecule has 22 heavy (non-hydrogen) atoms. The van der Waals surface area contributed by atoms with Gasteiger partial charge in [0.15, 0.2) is 0 Å². The monoisotopic (exact) mass is 298 g/mol. The van der Waals surface area contributed by atoms with Crippen LogP contribution in [-0.4, -0.2) is 31.1 Å². The average Bonchev–Trinajstić information content (AvgIpc) is 2.97. The van der Waals surface area contributed by atoms with Gasteiger partial charge >= 0.3 is 0 Å². The number of likely N-dealkylation sites (tertiary alicyclic amines) is 1. The molecule has 1 saturated carbocycles. The zero-order valence-electron chi connectivity index (χ0n) is 13.8. The summed E-state index contributed by atoms with van der Waals surface area (Å²) in [7, 11) is 0. The lowest BCUT2D eigenvalue weighted by molar-refractivity contribution is 0.0506. The molecule has 3 aliphatic rings. The van der Waals surface area contributed by atoms with Crippen molar-refractivity contribution in [2.24, 2.45) is 5.41 Å². The van der Waals surface area contributed by atoms with Crippen molar-refractivity contribution in [2.75, 3.05) is 26.2 Å². The van der Waals surface area contributed by atoms with Crippen LogP contribution in [0.15, 0.2) is 30.3 Å². The summed E-state index contributed by atoms with van der Waals surface area (Å²) in [5.41, 5.74) is 2.53. The van der Waals surface area contributed by atoms with Crippen LogP contribution in [0, 0.1) is 5.41 Å². The van der Waals surface area contributed by atoms with Gasteiger partial charge in [-0.15, -0.1) is 0 Å². The molecular weight excluding hydrogens is 268 g/mol. The van der Waals surface area contributed by atoms with Gasteiger partial charge in [0.1, 0.15) is 0 Å². The summed E-state index contributed by atoms with van der Waals surface area (Å²) in [5, 5.41) is 3.57. The Hall–Kier alpha value is -0.860. The van der Waals surface area contributed by atoms with E-state index in [0.29, 0.717) is 11.0 Å². The second kappa shape index (κ2) is 5.98. The van der Waals surface area contributed by atoms with Crippen LogP contribution in [0.2, 0.25) is 0 Å². The van der Waals surface area contributed by atoms with Crippen LogP contribution in [0.1, 0.15) is 56.9 Å². The summed E-state index contributed by atoms with van der Waals surface area (Å²) >= 11 is 0. The predicted molar refractivity (Wildman–Crippen MR) is 91.9 cm³/mol. The second-order valence-corrected chi connectivity index (χ2v) is 7.87. The van der Waals surface area contributed by atoms with E-state index in [2.05, 4.69) is 40.5 Å². The number of nitrogens with one attached hydrogen (secondary N) is 1. The first-order valence-corrected chi connectivity index (χ1v) is 9.35. The van der Waals surface area contributed by atoms with Crippen molar-refractivity contribution in [3.05, 3.63) is 35.9 Å². The lowest BCUT2D eigenvalue weighted by atomic mass is 9.74. The van der Waals surface area contributed by atoms with E-state index in [1.807, 2.05) is 0 Å². The first kappa shape index (κ1) is 14.7. The number of nitrogens with zero attached hydrogens (tertiary/aromatic N) is 1. The molecule has 2 nitrogen and oxygen atoms in total. The Morgan fingerprint density at radius 2 is 1.55 bits per heavy atom. The smallest absolute Gasteiger partial charge is 0.0466 e. The van der Waals surface area contributed by atoms with Crippen LogP contribution in [0.3, 0.4) is 0 Å². The molecule has 1 aromatic rings. The van der Waals surface area contributed by atoms with Crippen LogP contribution in [-0.2, 0) is 5.54 Å². The Morgan fingerprint density at radius 1 is 0.818 bits per heavy atom. The minimum atomic E-state index is 0.332. The third-order valence-electron chi connectivity index (χ3n) is 6.67. The zero-order valence-corrected chi connectivity index (χ0v) is 13.8. The molecule has 1 aromatic carbocycles. The fraction of sp³-hybridized carbons (Fsp3) is 0.700. The molecule has 2 heteroatoms. The molecule has 1 aliphatic carbocycles. The van der Waals surface area contributed by atoms with E-state index < -0.39 is 0 Å². The van der Waals surface area contributed by atoms with Crippen molar-refractivity contribution < 1.29 is 0 Å². The Kier molecular flexibility index (Phi) is 4.00. The van der Waals surface area contributed by atoms with Gasteiger partial charge in [0.2, 0.25) is 0 Å². The van der Waals surface area contributed by atoms with E-state index in [1.54, 1.807) is 5.56 Å². The molecule has 120 valence electrons. The highest BCUT2D eigenvalue weighted by atomic mass is 15.2. The minimum absolute atomic E-state index is 0.332. The van der Waals surface area contributed by atoms with Crippen LogP contribution in [0.4, 0.5) is 0 Å². The molecule has 1 spiro atoms. The highest BCUT2D eigenvalue weighted by Crippen LogP contribution is 2.56. The number of rotatable bonds is 2. The number of piperidine rings is 2. The van der Waals surface area contributed by atoms with Crippen molar-refractivity contribution in [1.82, 2.24) is 10.2 Å². The maximum atomic E-state index is 3.57. The summed E-state index contributed by atoms with van der Waals surface area (Å²) < 4.78 is 0. The first-order valence-electron chi connectivity index (χ1n) is 9.35. The Balaban J connectivity index is 1.67. The molecule has 1 atom stereocenters. The third-order valence-corrected chi connectivity index (χ3v) is 6.67. The van der Waals surface area contributed by atoms with Crippen LogP contribution < -0.4 is 5.32 Å². The Labute approximate surface area is 135 Å². The van der Waals surface area contributed by atoms with Gasteiger partial charge in [-0.2, -0.15) is 0 Å². The minimum Gasteiger partial charge on any atom is -0.317 e. The summed E-state index contributed by atoms with van der Waals surface area (Å²) in [6.07, 6.45) is 11.2. The van der Waals surface area contributed by atoms with Crippen molar-refractivity contribution in [2.45, 2.75) is 56.9 Å². The van der Waals surface area contributed by atoms with Crippen LogP contribution in [0.25, 0.3) is 0 Å². The Morgan fingerprint density at radius 3 is 2.27 bits per heavy atom. The van der Waals surface area contributed by atoms with Crippen molar-refractivity contribution in [3.8, 4) is 0 Å². The van der Waals surface area contributed by atoms with Crippen LogP contribution in [0.5, 0.6) is 0 Å². The molecule has 4 rings (SSSR count). The van der Waals surface area contributed by atoms with Gasteiger partial charge in [0, 0.05) is 5.54 Å². The first-order chi connectivity index (χ1) is 10.8. The fourth-order valence-corrected chi connectivity index (χ4v) is 5.42. The lowest BCUT2D eigenvalue weighted by Crippen LogP contribution is -2.48. The van der Waals surface area contributed by atoms with E-state index in [-0.39, 0.29) is 0 Å². The topological polar surface area (TPSA) is 15.3 Å². The normalized spacial score (nSPS) is 32.4. The molecule has 2 heterocycles. The quantitative estimate of drug-likeness (QED) is 0.890. The lowest BCUT2D eigenvalue weighted by Gasteiger charge is -2.46. The van der Waals surface area contributed by atoms with Gasteiger partial charge in [-0.05, 0) is 82.1 Å². The maximum Gasteiger partial charge on any atom is 0.0466 e. The molecule has 0 bridgehead atoms. The summed E-state index contributed by atoms with van der Waals surface area (Å²) in [4.78, 5) is 2.86. The average molecular weight is 298 g/mol. The van der Waals surface area contributed by atoms with E-state index in [1.165, 1.54) is 77.5 Å². The molecule has 2 aliphatic heterocycles. The molecule has 1 unspecified atom stereocenters. The van der Waals surface area contributed by atoms with Gasteiger partial charge < -0.3 is 5.32 Å². The second-order valence-electron chi connectivity index (χ2n) is 7.87. The SMILES string of the molecule is c1ccc(C2(N3CCCCC3)CCC3(CCNCC3)C2)cc1. The van der Waals surface area contributed by atoms with Gasteiger partial charge in [-0.3, -0.25) is 4.90 Å². The highest BCUT2D eigenvalue weighted by Gasteiger charge is 2.51. The largest absolute Gasteiger partial charge is 0.317 e. The van der Waals surface area contributed by atoms with Gasteiger partial charge in [-0.25, -0.2) is 0 Å². The van der Waals surface area contributed by atoms with Gasteiger partial charge in [0.25, 0.3) is 0 Å². The van der Waals surface area contributed by atoms with E-state index in [9.17, 15) is 0 Å². The molecule has 0 amide bonds. The molecule has 0 aromatic heterocycles. The van der Waals surface area contributed by atoms with Crippen molar-refractivity contribution >= 4 is 0 Å².